The Morgan fingerprint density at radius 3 is 2.29 bits per heavy atom. The third-order valence-corrected chi connectivity index (χ3v) is 3.73. The van der Waals surface area contributed by atoms with Gasteiger partial charge in [0.05, 0.1) is 5.76 Å². The lowest BCUT2D eigenvalue weighted by atomic mass is 9.63. The Kier molecular flexibility index (Phi) is 2.55. The molecule has 0 spiro atoms. The lowest BCUT2D eigenvalue weighted by Gasteiger charge is -2.42. The number of rotatable bonds is 0. The zero-order valence-electron chi connectivity index (χ0n) is 10.2. The van der Waals surface area contributed by atoms with E-state index in [1.807, 2.05) is 6.08 Å². The molecular formula is C13H22O. The molecule has 0 aliphatic heterocycles. The predicted molar refractivity (Wildman–Crippen MR) is 61.2 cm³/mol. The molecule has 1 rings (SSSR count). The van der Waals surface area contributed by atoms with Gasteiger partial charge in [0.25, 0.3) is 0 Å². The van der Waals surface area contributed by atoms with Crippen LogP contribution >= 0.6 is 0 Å². The Balaban J connectivity index is 3.19. The summed E-state index contributed by atoms with van der Waals surface area (Å²) in [7, 11) is 0. The van der Waals surface area contributed by atoms with Crippen LogP contribution in [0.25, 0.3) is 0 Å². The minimum absolute atomic E-state index is 0.0506. The Morgan fingerprint density at radius 1 is 1.36 bits per heavy atom. The summed E-state index contributed by atoms with van der Waals surface area (Å²) in [4.78, 5) is 0. The summed E-state index contributed by atoms with van der Waals surface area (Å²) in [5.74, 6) is 0.883. The summed E-state index contributed by atoms with van der Waals surface area (Å²) in [5.41, 5.74) is 1.18. The van der Waals surface area contributed by atoms with Gasteiger partial charge in [0.1, 0.15) is 0 Å². The van der Waals surface area contributed by atoms with Gasteiger partial charge in [0, 0.05) is 5.41 Å². The van der Waals surface area contributed by atoms with E-state index in [4.69, 9.17) is 0 Å². The molecule has 0 aromatic heterocycles. The van der Waals surface area contributed by atoms with E-state index in [1.54, 1.807) is 0 Å². The highest BCUT2D eigenvalue weighted by atomic mass is 16.3. The molecule has 0 aromatic carbocycles. The van der Waals surface area contributed by atoms with Crippen molar-refractivity contribution in [2.45, 2.75) is 41.5 Å². The van der Waals surface area contributed by atoms with Gasteiger partial charge in [0.2, 0.25) is 0 Å². The average molecular weight is 194 g/mol. The second-order valence-electron chi connectivity index (χ2n) is 5.68. The summed E-state index contributed by atoms with van der Waals surface area (Å²) in [6.45, 7) is 12.8. The first kappa shape index (κ1) is 11.4. The fraction of sp³-hybridized carbons (Fsp3) is 0.692. The van der Waals surface area contributed by atoms with Crippen molar-refractivity contribution in [2.75, 3.05) is 0 Å². The van der Waals surface area contributed by atoms with Crippen LogP contribution in [-0.4, -0.2) is 5.11 Å². The van der Waals surface area contributed by atoms with Crippen LogP contribution in [0.5, 0.6) is 0 Å². The molecule has 1 aliphatic rings. The molecule has 0 bridgehead atoms. The van der Waals surface area contributed by atoms with E-state index in [1.165, 1.54) is 5.57 Å². The van der Waals surface area contributed by atoms with Gasteiger partial charge in [-0.25, -0.2) is 0 Å². The van der Waals surface area contributed by atoms with Gasteiger partial charge in [0.15, 0.2) is 0 Å². The number of aliphatic hydroxyl groups is 1. The third-order valence-electron chi connectivity index (χ3n) is 3.73. The molecule has 0 saturated heterocycles. The van der Waals surface area contributed by atoms with Gasteiger partial charge in [-0.15, -0.1) is 0 Å². The van der Waals surface area contributed by atoms with Gasteiger partial charge in [-0.05, 0) is 31.3 Å². The summed E-state index contributed by atoms with van der Waals surface area (Å²) < 4.78 is 0. The maximum Gasteiger partial charge on any atom is 0.0990 e. The van der Waals surface area contributed by atoms with Crippen LogP contribution in [0.2, 0.25) is 0 Å². The molecule has 14 heavy (non-hydrogen) atoms. The second kappa shape index (κ2) is 3.15. The fourth-order valence-corrected chi connectivity index (χ4v) is 1.80. The second-order valence-corrected chi connectivity index (χ2v) is 5.68. The zero-order chi connectivity index (χ0) is 11.1. The maximum absolute atomic E-state index is 10.1. The standard InChI is InChI=1S/C13H22O/c1-9-7-11(14)13(6,8-10(9)2)12(3,4)5/h7-9,14H,1-6H3. The molecule has 1 heteroatoms. The first-order chi connectivity index (χ1) is 6.18. The number of hydrogen-bond donors (Lipinski definition) is 1. The number of aliphatic hydroxyl groups excluding tert-OH is 1. The van der Waals surface area contributed by atoms with Crippen molar-refractivity contribution in [3.05, 3.63) is 23.5 Å². The van der Waals surface area contributed by atoms with Crippen molar-refractivity contribution < 1.29 is 5.11 Å². The highest BCUT2D eigenvalue weighted by molar-refractivity contribution is 5.30. The molecular weight excluding hydrogens is 172 g/mol. The Bertz CT molecular complexity index is 291. The molecule has 0 radical (unpaired) electrons. The van der Waals surface area contributed by atoms with Gasteiger partial charge < -0.3 is 5.11 Å². The van der Waals surface area contributed by atoms with E-state index in [0.29, 0.717) is 11.7 Å². The molecule has 0 saturated carbocycles. The van der Waals surface area contributed by atoms with Crippen molar-refractivity contribution in [2.24, 2.45) is 16.7 Å². The van der Waals surface area contributed by atoms with E-state index in [9.17, 15) is 5.11 Å². The minimum Gasteiger partial charge on any atom is -0.512 e. The number of hydrogen-bond acceptors (Lipinski definition) is 1. The monoisotopic (exact) mass is 194 g/mol. The van der Waals surface area contributed by atoms with Crippen LogP contribution in [-0.2, 0) is 0 Å². The average Bonchev–Trinajstić information content (AvgIpc) is 1.99. The Morgan fingerprint density at radius 2 is 1.86 bits per heavy atom. The van der Waals surface area contributed by atoms with Gasteiger partial charge >= 0.3 is 0 Å². The van der Waals surface area contributed by atoms with Crippen molar-refractivity contribution in [3.63, 3.8) is 0 Å². The molecule has 1 aliphatic carbocycles. The molecule has 80 valence electrons. The summed E-state index contributed by atoms with van der Waals surface area (Å²) in [6.07, 6.45) is 4.19. The molecule has 1 N–H and O–H groups in total. The summed E-state index contributed by atoms with van der Waals surface area (Å²) >= 11 is 0. The molecule has 0 aromatic rings. The van der Waals surface area contributed by atoms with Crippen LogP contribution in [0.3, 0.4) is 0 Å². The highest BCUT2D eigenvalue weighted by Crippen LogP contribution is 2.48. The molecule has 2 atom stereocenters. The number of allylic oxidation sites excluding steroid dienone is 3. The SMILES string of the molecule is CC1=CC(C)(C(C)(C)C)C(O)=CC1C. The lowest BCUT2D eigenvalue weighted by molar-refractivity contribution is 0.137. The zero-order valence-corrected chi connectivity index (χ0v) is 10.2. The Hall–Kier alpha value is -0.720. The van der Waals surface area contributed by atoms with E-state index in [0.717, 1.165) is 0 Å². The third kappa shape index (κ3) is 1.60. The van der Waals surface area contributed by atoms with Gasteiger partial charge in [-0.2, -0.15) is 0 Å². The molecule has 0 fully saturated rings. The van der Waals surface area contributed by atoms with Crippen LogP contribution in [0.1, 0.15) is 41.5 Å². The van der Waals surface area contributed by atoms with Crippen molar-refractivity contribution in [3.8, 4) is 0 Å². The fourth-order valence-electron chi connectivity index (χ4n) is 1.80. The van der Waals surface area contributed by atoms with Crippen LogP contribution in [0.15, 0.2) is 23.5 Å². The van der Waals surface area contributed by atoms with E-state index in [-0.39, 0.29) is 10.8 Å². The van der Waals surface area contributed by atoms with E-state index >= 15 is 0 Å². The quantitative estimate of drug-likeness (QED) is 0.576. The first-order valence-corrected chi connectivity index (χ1v) is 5.29. The summed E-state index contributed by atoms with van der Waals surface area (Å²) in [5, 5.41) is 10.1. The molecule has 1 nitrogen and oxygen atoms in total. The minimum atomic E-state index is -0.219. The van der Waals surface area contributed by atoms with E-state index in [2.05, 4.69) is 47.6 Å². The van der Waals surface area contributed by atoms with E-state index < -0.39 is 0 Å². The van der Waals surface area contributed by atoms with Crippen LogP contribution < -0.4 is 0 Å². The molecule has 0 amide bonds. The Labute approximate surface area is 87.5 Å². The lowest BCUT2D eigenvalue weighted by Crippen LogP contribution is -2.35. The highest BCUT2D eigenvalue weighted by Gasteiger charge is 2.41. The van der Waals surface area contributed by atoms with Crippen LogP contribution in [0, 0.1) is 16.7 Å². The molecule has 0 heterocycles. The maximum atomic E-state index is 10.1. The molecule has 2 unspecified atom stereocenters. The van der Waals surface area contributed by atoms with Gasteiger partial charge in [-0.3, -0.25) is 0 Å². The summed E-state index contributed by atoms with van der Waals surface area (Å²) in [6, 6.07) is 0. The van der Waals surface area contributed by atoms with Crippen molar-refractivity contribution >= 4 is 0 Å². The first-order valence-electron chi connectivity index (χ1n) is 5.29. The van der Waals surface area contributed by atoms with Gasteiger partial charge in [-0.1, -0.05) is 39.3 Å². The smallest absolute Gasteiger partial charge is 0.0990 e. The normalized spacial score (nSPS) is 33.7. The van der Waals surface area contributed by atoms with Crippen molar-refractivity contribution in [1.29, 1.82) is 0 Å². The van der Waals surface area contributed by atoms with Crippen molar-refractivity contribution in [1.82, 2.24) is 0 Å². The predicted octanol–water partition coefficient (Wildman–Crippen LogP) is 4.08. The largest absolute Gasteiger partial charge is 0.512 e. The van der Waals surface area contributed by atoms with Crippen LogP contribution in [0.4, 0.5) is 0 Å². The topological polar surface area (TPSA) is 20.2 Å².